The van der Waals surface area contributed by atoms with Gasteiger partial charge in [-0.15, -0.1) is 0 Å². The van der Waals surface area contributed by atoms with Gasteiger partial charge in [-0.05, 0) is 32.7 Å². The molecule has 2 aliphatic rings. The molecule has 0 bridgehead atoms. The van der Waals surface area contributed by atoms with Crippen molar-refractivity contribution in [1.29, 1.82) is 0 Å². The van der Waals surface area contributed by atoms with Gasteiger partial charge in [-0.25, -0.2) is 0 Å². The van der Waals surface area contributed by atoms with Crippen LogP contribution in [-0.2, 0) is 4.74 Å². The van der Waals surface area contributed by atoms with E-state index >= 15 is 0 Å². The SMILES string of the molecule is CC(Br)CN(C)CC1CCC2(CCCC2)O1. The third kappa shape index (κ3) is 3.21. The summed E-state index contributed by atoms with van der Waals surface area (Å²) in [5.74, 6) is 0. The van der Waals surface area contributed by atoms with Crippen LogP contribution >= 0.6 is 15.9 Å². The minimum absolute atomic E-state index is 0.297. The molecule has 1 aliphatic carbocycles. The zero-order valence-electron chi connectivity index (χ0n) is 10.5. The minimum atomic E-state index is 0.297. The molecule has 94 valence electrons. The number of hydrogen-bond donors (Lipinski definition) is 0. The lowest BCUT2D eigenvalue weighted by molar-refractivity contribution is -0.0449. The molecule has 0 radical (unpaired) electrons. The van der Waals surface area contributed by atoms with Crippen LogP contribution in [0.2, 0.25) is 0 Å². The maximum atomic E-state index is 6.31. The standard InChI is InChI=1S/C13H24BrNO/c1-11(14)9-15(2)10-12-5-8-13(16-12)6-3-4-7-13/h11-12H,3-10H2,1-2H3. The Kier molecular flexibility index (Phi) is 4.31. The van der Waals surface area contributed by atoms with E-state index in [9.17, 15) is 0 Å². The fourth-order valence-electron chi connectivity index (χ4n) is 3.26. The molecule has 3 heteroatoms. The van der Waals surface area contributed by atoms with Gasteiger partial charge in [0.2, 0.25) is 0 Å². The summed E-state index contributed by atoms with van der Waals surface area (Å²) in [7, 11) is 2.20. The van der Waals surface area contributed by atoms with Crippen LogP contribution in [0.15, 0.2) is 0 Å². The van der Waals surface area contributed by atoms with E-state index in [4.69, 9.17) is 4.74 Å². The fraction of sp³-hybridized carbons (Fsp3) is 1.00. The van der Waals surface area contributed by atoms with Crippen molar-refractivity contribution in [1.82, 2.24) is 4.90 Å². The Labute approximate surface area is 108 Å². The summed E-state index contributed by atoms with van der Waals surface area (Å²) in [5.41, 5.74) is 0.297. The summed E-state index contributed by atoms with van der Waals surface area (Å²) in [6.07, 6.45) is 8.41. The smallest absolute Gasteiger partial charge is 0.0710 e. The van der Waals surface area contributed by atoms with Gasteiger partial charge in [0.15, 0.2) is 0 Å². The van der Waals surface area contributed by atoms with E-state index in [1.165, 1.54) is 38.5 Å². The van der Waals surface area contributed by atoms with Crippen molar-refractivity contribution in [2.75, 3.05) is 20.1 Å². The first-order chi connectivity index (χ1) is 7.60. The first-order valence-corrected chi connectivity index (χ1v) is 7.52. The van der Waals surface area contributed by atoms with Gasteiger partial charge >= 0.3 is 0 Å². The van der Waals surface area contributed by atoms with Crippen molar-refractivity contribution in [3.05, 3.63) is 0 Å². The zero-order valence-corrected chi connectivity index (χ0v) is 12.1. The largest absolute Gasteiger partial charge is 0.370 e. The van der Waals surface area contributed by atoms with Gasteiger partial charge < -0.3 is 9.64 Å². The maximum Gasteiger partial charge on any atom is 0.0710 e. The molecule has 0 aromatic carbocycles. The highest BCUT2D eigenvalue weighted by molar-refractivity contribution is 9.09. The Bertz CT molecular complexity index is 226. The summed E-state index contributed by atoms with van der Waals surface area (Å²) >= 11 is 3.60. The number of ether oxygens (including phenoxy) is 1. The van der Waals surface area contributed by atoms with Gasteiger partial charge in [-0.2, -0.15) is 0 Å². The molecule has 1 aliphatic heterocycles. The van der Waals surface area contributed by atoms with E-state index < -0.39 is 0 Å². The van der Waals surface area contributed by atoms with Crippen molar-refractivity contribution >= 4 is 15.9 Å². The molecule has 1 saturated heterocycles. The third-order valence-corrected chi connectivity index (χ3v) is 4.22. The van der Waals surface area contributed by atoms with Crippen LogP contribution in [-0.4, -0.2) is 41.6 Å². The van der Waals surface area contributed by atoms with Gasteiger partial charge in [0.1, 0.15) is 0 Å². The van der Waals surface area contributed by atoms with E-state index in [0.29, 0.717) is 16.5 Å². The average molecular weight is 290 g/mol. The summed E-state index contributed by atoms with van der Waals surface area (Å²) in [6.45, 7) is 4.40. The molecule has 2 nitrogen and oxygen atoms in total. The predicted octanol–water partition coefficient (Wildman–Crippen LogP) is 3.19. The normalized spacial score (nSPS) is 30.4. The van der Waals surface area contributed by atoms with Crippen LogP contribution in [0.5, 0.6) is 0 Å². The highest BCUT2D eigenvalue weighted by atomic mass is 79.9. The number of likely N-dealkylation sites (N-methyl/N-ethyl adjacent to an activating group) is 1. The van der Waals surface area contributed by atoms with Crippen LogP contribution in [0.25, 0.3) is 0 Å². The topological polar surface area (TPSA) is 12.5 Å². The Hall–Kier alpha value is 0.400. The number of halogens is 1. The summed E-state index contributed by atoms with van der Waals surface area (Å²) in [4.78, 5) is 2.96. The van der Waals surface area contributed by atoms with Crippen molar-refractivity contribution in [2.45, 2.75) is 62.0 Å². The van der Waals surface area contributed by atoms with Gasteiger partial charge in [-0.1, -0.05) is 35.7 Å². The van der Waals surface area contributed by atoms with Crippen LogP contribution in [0.4, 0.5) is 0 Å². The molecular formula is C13H24BrNO. The van der Waals surface area contributed by atoms with Crippen LogP contribution in [0.3, 0.4) is 0 Å². The number of rotatable bonds is 4. The molecule has 2 rings (SSSR count). The third-order valence-electron chi connectivity index (χ3n) is 3.93. The van der Waals surface area contributed by atoms with E-state index in [-0.39, 0.29) is 0 Å². The van der Waals surface area contributed by atoms with Crippen molar-refractivity contribution < 1.29 is 4.74 Å². The van der Waals surface area contributed by atoms with E-state index in [1.54, 1.807) is 0 Å². The molecule has 2 atom stereocenters. The quantitative estimate of drug-likeness (QED) is 0.737. The highest BCUT2D eigenvalue weighted by Crippen LogP contribution is 2.43. The summed E-state index contributed by atoms with van der Waals surface area (Å²) in [5, 5.41) is 0. The summed E-state index contributed by atoms with van der Waals surface area (Å²) < 4.78 is 6.31. The maximum absolute atomic E-state index is 6.31. The molecule has 2 fully saturated rings. The average Bonchev–Trinajstić information content (AvgIpc) is 2.76. The predicted molar refractivity (Wildman–Crippen MR) is 71.2 cm³/mol. The second kappa shape index (κ2) is 5.36. The molecule has 2 unspecified atom stereocenters. The lowest BCUT2D eigenvalue weighted by Gasteiger charge is -2.26. The molecule has 16 heavy (non-hydrogen) atoms. The lowest BCUT2D eigenvalue weighted by Crippen LogP contribution is -2.34. The van der Waals surface area contributed by atoms with Crippen molar-refractivity contribution in [3.63, 3.8) is 0 Å². The molecule has 1 saturated carbocycles. The van der Waals surface area contributed by atoms with E-state index in [1.807, 2.05) is 0 Å². The Morgan fingerprint density at radius 1 is 1.38 bits per heavy atom. The van der Waals surface area contributed by atoms with Gasteiger partial charge in [0, 0.05) is 17.9 Å². The summed E-state index contributed by atoms with van der Waals surface area (Å²) in [6, 6.07) is 0. The molecule has 0 aromatic rings. The van der Waals surface area contributed by atoms with Crippen LogP contribution < -0.4 is 0 Å². The molecule has 1 heterocycles. The lowest BCUT2D eigenvalue weighted by atomic mass is 9.98. The first-order valence-electron chi connectivity index (χ1n) is 6.60. The number of alkyl halides is 1. The monoisotopic (exact) mass is 289 g/mol. The Morgan fingerprint density at radius 3 is 2.69 bits per heavy atom. The molecule has 1 spiro atoms. The Morgan fingerprint density at radius 2 is 2.06 bits per heavy atom. The zero-order chi connectivity index (χ0) is 11.6. The van der Waals surface area contributed by atoms with Crippen LogP contribution in [0.1, 0.15) is 45.4 Å². The molecule has 0 aromatic heterocycles. The Balaban J connectivity index is 1.76. The highest BCUT2D eigenvalue weighted by Gasteiger charge is 2.42. The number of hydrogen-bond acceptors (Lipinski definition) is 2. The molecule has 0 N–H and O–H groups in total. The van der Waals surface area contributed by atoms with E-state index in [2.05, 4.69) is 34.8 Å². The van der Waals surface area contributed by atoms with Gasteiger partial charge in [0.25, 0.3) is 0 Å². The van der Waals surface area contributed by atoms with Gasteiger partial charge in [-0.3, -0.25) is 0 Å². The molecular weight excluding hydrogens is 266 g/mol. The first kappa shape index (κ1) is 12.8. The second-order valence-corrected chi connectivity index (χ2v) is 7.23. The van der Waals surface area contributed by atoms with E-state index in [0.717, 1.165) is 13.1 Å². The van der Waals surface area contributed by atoms with Crippen molar-refractivity contribution in [3.8, 4) is 0 Å². The fourth-order valence-corrected chi connectivity index (χ4v) is 3.76. The second-order valence-electron chi connectivity index (χ2n) is 5.67. The number of nitrogens with zero attached hydrogens (tertiary/aromatic N) is 1. The minimum Gasteiger partial charge on any atom is -0.370 e. The van der Waals surface area contributed by atoms with Crippen molar-refractivity contribution in [2.24, 2.45) is 0 Å². The van der Waals surface area contributed by atoms with Crippen LogP contribution in [0, 0.1) is 0 Å². The molecule has 0 amide bonds. The van der Waals surface area contributed by atoms with Gasteiger partial charge in [0.05, 0.1) is 11.7 Å².